The number of rotatable bonds is 8. The number of aromatic nitrogens is 1. The first-order chi connectivity index (χ1) is 16.9. The fourth-order valence-corrected chi connectivity index (χ4v) is 6.45. The van der Waals surface area contributed by atoms with E-state index in [-0.39, 0.29) is 5.91 Å². The quantitative estimate of drug-likeness (QED) is 0.421. The van der Waals surface area contributed by atoms with Gasteiger partial charge in [-0.1, -0.05) is 18.6 Å². The number of nitrogens with zero attached hydrogens (tertiary/aromatic N) is 1. The summed E-state index contributed by atoms with van der Waals surface area (Å²) in [4.78, 5) is 17.5. The zero-order chi connectivity index (χ0) is 24.4. The van der Waals surface area contributed by atoms with Crippen LogP contribution in [0, 0.1) is 12.8 Å². The summed E-state index contributed by atoms with van der Waals surface area (Å²) in [5.74, 6) is 3.08. The van der Waals surface area contributed by atoms with E-state index >= 15 is 0 Å². The van der Waals surface area contributed by atoms with Crippen molar-refractivity contribution in [2.75, 3.05) is 16.8 Å². The van der Waals surface area contributed by atoms with E-state index in [1.807, 2.05) is 55.5 Å². The third-order valence-corrected chi connectivity index (χ3v) is 8.84. The van der Waals surface area contributed by atoms with E-state index in [4.69, 9.17) is 4.42 Å². The molecular formula is C28H32N2O4S. The number of amides is 1. The standard InChI is InChI=1S/C28H32N2O4S/c1-19-26(22-8-9-22)30-28(34-19)23-10-12-25(13-11-23)29-27(31)24-7-3-6-21(18-24)5-2-4-20-14-16-35(32,33)17-15-20/h3,6-7,10-13,18,20,22H,2,4-5,8-9,14-17H2,1H3,(H,29,31). The highest BCUT2D eigenvalue weighted by atomic mass is 32.2. The molecule has 1 aromatic heterocycles. The summed E-state index contributed by atoms with van der Waals surface area (Å²) in [7, 11) is -2.80. The highest BCUT2D eigenvalue weighted by Crippen LogP contribution is 2.42. The summed E-state index contributed by atoms with van der Waals surface area (Å²) in [6.07, 6.45) is 6.85. The maximum absolute atomic E-state index is 12.8. The predicted molar refractivity (Wildman–Crippen MR) is 137 cm³/mol. The Kier molecular flexibility index (Phi) is 6.78. The van der Waals surface area contributed by atoms with Gasteiger partial charge < -0.3 is 9.73 Å². The van der Waals surface area contributed by atoms with E-state index in [2.05, 4.69) is 10.3 Å². The van der Waals surface area contributed by atoms with Crippen LogP contribution in [-0.2, 0) is 16.3 Å². The lowest BCUT2D eigenvalue weighted by atomic mass is 9.94. The van der Waals surface area contributed by atoms with Gasteiger partial charge in [0.05, 0.1) is 17.2 Å². The number of aryl methyl sites for hydroxylation is 2. The molecule has 1 amide bonds. The molecule has 0 atom stereocenters. The van der Waals surface area contributed by atoms with Gasteiger partial charge in [0.15, 0.2) is 0 Å². The first-order valence-electron chi connectivity index (χ1n) is 12.5. The fourth-order valence-electron chi connectivity index (χ4n) is 4.86. The smallest absolute Gasteiger partial charge is 0.255 e. The van der Waals surface area contributed by atoms with Gasteiger partial charge in [-0.3, -0.25) is 4.79 Å². The van der Waals surface area contributed by atoms with Crippen LogP contribution < -0.4 is 5.32 Å². The van der Waals surface area contributed by atoms with Gasteiger partial charge >= 0.3 is 0 Å². The molecule has 1 N–H and O–H groups in total. The Morgan fingerprint density at radius 3 is 2.51 bits per heavy atom. The van der Waals surface area contributed by atoms with Gasteiger partial charge in [0.1, 0.15) is 15.6 Å². The molecule has 1 saturated heterocycles. The Hall–Kier alpha value is -2.93. The molecule has 35 heavy (non-hydrogen) atoms. The van der Waals surface area contributed by atoms with Crippen LogP contribution in [0.1, 0.15) is 71.8 Å². The SMILES string of the molecule is Cc1oc(-c2ccc(NC(=O)c3cccc(CCCC4CCS(=O)(=O)CC4)c3)cc2)nc1C1CC1. The molecule has 1 saturated carbocycles. The van der Waals surface area contributed by atoms with Crippen LogP contribution in [-0.4, -0.2) is 30.8 Å². The first-order valence-corrected chi connectivity index (χ1v) is 14.4. The molecule has 2 aliphatic rings. The number of benzene rings is 2. The number of nitrogens with one attached hydrogen (secondary N) is 1. The summed E-state index contributed by atoms with van der Waals surface area (Å²) < 4.78 is 29.1. The number of anilines is 1. The third-order valence-electron chi connectivity index (χ3n) is 7.13. The van der Waals surface area contributed by atoms with Crippen molar-refractivity contribution in [2.24, 2.45) is 5.92 Å². The van der Waals surface area contributed by atoms with Crippen LogP contribution in [0.3, 0.4) is 0 Å². The molecular weight excluding hydrogens is 460 g/mol. The molecule has 184 valence electrons. The summed E-state index contributed by atoms with van der Waals surface area (Å²) in [5.41, 5.74) is 4.46. The monoisotopic (exact) mass is 492 g/mol. The fraction of sp³-hybridized carbons (Fsp3) is 0.429. The lowest BCUT2D eigenvalue weighted by molar-refractivity contribution is 0.102. The number of carbonyl (C=O) groups excluding carboxylic acids is 1. The Labute approximate surface area is 207 Å². The molecule has 6 nitrogen and oxygen atoms in total. The lowest BCUT2D eigenvalue weighted by Crippen LogP contribution is -2.23. The van der Waals surface area contributed by atoms with Crippen molar-refractivity contribution < 1.29 is 17.6 Å². The third kappa shape index (κ3) is 6.01. The van der Waals surface area contributed by atoms with E-state index in [0.29, 0.717) is 34.8 Å². The molecule has 1 aliphatic heterocycles. The molecule has 3 aromatic rings. The zero-order valence-corrected chi connectivity index (χ0v) is 20.9. The van der Waals surface area contributed by atoms with Crippen molar-refractivity contribution in [2.45, 2.75) is 57.8 Å². The Morgan fingerprint density at radius 1 is 1.06 bits per heavy atom. The lowest BCUT2D eigenvalue weighted by Gasteiger charge is -2.21. The normalized spacial score (nSPS) is 17.9. The van der Waals surface area contributed by atoms with Crippen molar-refractivity contribution >= 4 is 21.4 Å². The average molecular weight is 493 g/mol. The number of carbonyl (C=O) groups is 1. The second-order valence-corrected chi connectivity index (χ2v) is 12.3. The van der Waals surface area contributed by atoms with E-state index in [9.17, 15) is 13.2 Å². The van der Waals surface area contributed by atoms with Crippen LogP contribution in [0.4, 0.5) is 5.69 Å². The zero-order valence-electron chi connectivity index (χ0n) is 20.1. The van der Waals surface area contributed by atoms with Crippen molar-refractivity contribution in [3.8, 4) is 11.5 Å². The Balaban J connectivity index is 1.15. The van der Waals surface area contributed by atoms with Crippen molar-refractivity contribution in [1.29, 1.82) is 0 Å². The highest BCUT2D eigenvalue weighted by molar-refractivity contribution is 7.91. The molecule has 0 spiro atoms. The summed E-state index contributed by atoms with van der Waals surface area (Å²) in [5, 5.41) is 2.98. The summed E-state index contributed by atoms with van der Waals surface area (Å²) >= 11 is 0. The van der Waals surface area contributed by atoms with Gasteiger partial charge in [0.2, 0.25) is 5.89 Å². The highest BCUT2D eigenvalue weighted by Gasteiger charge is 2.29. The van der Waals surface area contributed by atoms with Gasteiger partial charge in [0, 0.05) is 22.7 Å². The molecule has 1 aliphatic carbocycles. The Bertz CT molecular complexity index is 1290. The Morgan fingerprint density at radius 2 is 1.80 bits per heavy atom. The molecule has 7 heteroatoms. The van der Waals surface area contributed by atoms with Gasteiger partial charge in [0.25, 0.3) is 5.91 Å². The second-order valence-electron chi connectivity index (χ2n) is 9.95. The number of hydrogen-bond acceptors (Lipinski definition) is 5. The molecule has 2 heterocycles. The molecule has 0 bridgehead atoms. The van der Waals surface area contributed by atoms with Crippen LogP contribution in [0.5, 0.6) is 0 Å². The molecule has 0 radical (unpaired) electrons. The molecule has 5 rings (SSSR count). The topological polar surface area (TPSA) is 89.3 Å². The second kappa shape index (κ2) is 9.97. The van der Waals surface area contributed by atoms with E-state index in [1.165, 1.54) is 12.8 Å². The molecule has 2 aromatic carbocycles. The largest absolute Gasteiger partial charge is 0.441 e. The average Bonchev–Trinajstić information content (AvgIpc) is 3.62. The molecule has 0 unspecified atom stereocenters. The number of hydrogen-bond donors (Lipinski definition) is 1. The first kappa shape index (κ1) is 23.8. The van der Waals surface area contributed by atoms with Gasteiger partial charge in [-0.2, -0.15) is 0 Å². The van der Waals surface area contributed by atoms with Crippen molar-refractivity contribution in [3.63, 3.8) is 0 Å². The van der Waals surface area contributed by atoms with Crippen LogP contribution in [0.2, 0.25) is 0 Å². The summed E-state index contributed by atoms with van der Waals surface area (Å²) in [6.45, 7) is 1.97. The van der Waals surface area contributed by atoms with Gasteiger partial charge in [-0.25, -0.2) is 13.4 Å². The van der Waals surface area contributed by atoms with E-state index < -0.39 is 9.84 Å². The minimum absolute atomic E-state index is 0.139. The van der Waals surface area contributed by atoms with Crippen LogP contribution in [0.15, 0.2) is 52.9 Å². The van der Waals surface area contributed by atoms with E-state index in [1.54, 1.807) is 0 Å². The van der Waals surface area contributed by atoms with Crippen LogP contribution in [0.25, 0.3) is 11.5 Å². The van der Waals surface area contributed by atoms with E-state index in [0.717, 1.165) is 60.4 Å². The predicted octanol–water partition coefficient (Wildman–Crippen LogP) is 5.93. The maximum atomic E-state index is 12.8. The van der Waals surface area contributed by atoms with Crippen LogP contribution >= 0.6 is 0 Å². The van der Waals surface area contributed by atoms with Gasteiger partial charge in [-0.05, 0) is 93.3 Å². The summed E-state index contributed by atoms with van der Waals surface area (Å²) in [6, 6.07) is 15.3. The molecule has 2 fully saturated rings. The van der Waals surface area contributed by atoms with Crippen molar-refractivity contribution in [3.05, 3.63) is 71.1 Å². The maximum Gasteiger partial charge on any atom is 0.255 e. The minimum Gasteiger partial charge on any atom is -0.441 e. The van der Waals surface area contributed by atoms with Crippen molar-refractivity contribution in [1.82, 2.24) is 4.98 Å². The van der Waals surface area contributed by atoms with Gasteiger partial charge in [-0.15, -0.1) is 0 Å². The number of oxazole rings is 1. The minimum atomic E-state index is -2.80. The number of sulfone groups is 1.